The molecule has 1 amide bonds. The normalized spacial score (nSPS) is 18.6. The summed E-state index contributed by atoms with van der Waals surface area (Å²) in [7, 11) is 3.09. The summed E-state index contributed by atoms with van der Waals surface area (Å²) in [5.41, 5.74) is 0.519. The number of hydrogen-bond acceptors (Lipinski definition) is 6. The molecule has 0 unspecified atom stereocenters. The maximum absolute atomic E-state index is 12.9. The van der Waals surface area contributed by atoms with Crippen molar-refractivity contribution in [3.05, 3.63) is 32.5 Å². The van der Waals surface area contributed by atoms with Crippen LogP contribution in [0.3, 0.4) is 0 Å². The van der Waals surface area contributed by atoms with Gasteiger partial charge in [-0.1, -0.05) is 11.6 Å². The molecule has 10 nitrogen and oxygen atoms in total. The highest BCUT2D eigenvalue weighted by molar-refractivity contribution is 5.74. The fourth-order valence-electron chi connectivity index (χ4n) is 3.91. The number of carbonyl (C=O) groups is 1. The maximum atomic E-state index is 12.9. The van der Waals surface area contributed by atoms with Crippen LogP contribution in [0, 0.1) is 0 Å². The topological polar surface area (TPSA) is 112 Å². The van der Waals surface area contributed by atoms with Gasteiger partial charge in [0.2, 0.25) is 5.95 Å². The highest BCUT2D eigenvalue weighted by Gasteiger charge is 2.29. The van der Waals surface area contributed by atoms with Crippen LogP contribution in [0.5, 0.6) is 0 Å². The summed E-state index contributed by atoms with van der Waals surface area (Å²) in [6.45, 7) is 9.94. The second kappa shape index (κ2) is 8.84. The van der Waals surface area contributed by atoms with Gasteiger partial charge in [-0.15, -0.1) is 0 Å². The van der Waals surface area contributed by atoms with Crippen LogP contribution in [-0.2, 0) is 25.4 Å². The lowest BCUT2D eigenvalue weighted by molar-refractivity contribution is 0.0505. The van der Waals surface area contributed by atoms with Crippen molar-refractivity contribution in [3.63, 3.8) is 0 Å². The van der Waals surface area contributed by atoms with Gasteiger partial charge in [-0.2, -0.15) is 4.98 Å². The minimum atomic E-state index is -0.543. The zero-order chi connectivity index (χ0) is 23.8. The van der Waals surface area contributed by atoms with Gasteiger partial charge in [0.15, 0.2) is 11.2 Å². The van der Waals surface area contributed by atoms with Crippen LogP contribution in [0.15, 0.2) is 21.2 Å². The van der Waals surface area contributed by atoms with Crippen molar-refractivity contribution in [3.8, 4) is 0 Å². The summed E-state index contributed by atoms with van der Waals surface area (Å²) in [5.74, 6) is 0.540. The van der Waals surface area contributed by atoms with Crippen molar-refractivity contribution >= 4 is 23.2 Å². The first-order valence-corrected chi connectivity index (χ1v) is 10.9. The van der Waals surface area contributed by atoms with Gasteiger partial charge in [-0.05, 0) is 53.9 Å². The molecule has 0 saturated heterocycles. The van der Waals surface area contributed by atoms with Crippen molar-refractivity contribution in [1.29, 1.82) is 0 Å². The smallest absolute Gasteiger partial charge is 0.407 e. The van der Waals surface area contributed by atoms with Gasteiger partial charge in [0.1, 0.15) is 5.60 Å². The molecule has 1 aliphatic carbocycles. The Kier molecular flexibility index (Phi) is 6.52. The summed E-state index contributed by atoms with van der Waals surface area (Å²) < 4.78 is 9.66. The van der Waals surface area contributed by atoms with Crippen molar-refractivity contribution in [2.24, 2.45) is 14.1 Å². The van der Waals surface area contributed by atoms with Crippen molar-refractivity contribution in [2.45, 2.75) is 78.1 Å². The minimum absolute atomic E-state index is 0.00446. The highest BCUT2D eigenvalue weighted by Crippen LogP contribution is 2.25. The average molecular weight is 447 g/mol. The minimum Gasteiger partial charge on any atom is -0.444 e. The first-order chi connectivity index (χ1) is 14.9. The van der Waals surface area contributed by atoms with E-state index in [0.717, 1.165) is 23.0 Å². The third-order valence-electron chi connectivity index (χ3n) is 5.52. The lowest BCUT2D eigenvalue weighted by Crippen LogP contribution is -2.38. The Hall–Kier alpha value is -3.04. The molecule has 0 aliphatic heterocycles. The molecule has 10 heteroatoms. The van der Waals surface area contributed by atoms with Crippen LogP contribution in [0.2, 0.25) is 0 Å². The van der Waals surface area contributed by atoms with Crippen LogP contribution >= 0.6 is 0 Å². The van der Waals surface area contributed by atoms with Gasteiger partial charge in [-0.3, -0.25) is 13.9 Å². The van der Waals surface area contributed by atoms with E-state index in [1.54, 1.807) is 7.05 Å². The average Bonchev–Trinajstić information content (AvgIpc) is 3.26. The van der Waals surface area contributed by atoms with E-state index in [-0.39, 0.29) is 17.6 Å². The molecule has 2 atom stereocenters. The number of aryl methyl sites for hydroxylation is 1. The molecule has 0 bridgehead atoms. The molecule has 1 saturated carbocycles. The number of hydrogen-bond donors (Lipinski definition) is 2. The van der Waals surface area contributed by atoms with Gasteiger partial charge in [0.05, 0.1) is 0 Å². The molecule has 0 aromatic carbocycles. The van der Waals surface area contributed by atoms with E-state index < -0.39 is 17.4 Å². The lowest BCUT2D eigenvalue weighted by Gasteiger charge is -2.22. The Morgan fingerprint density at radius 2 is 1.81 bits per heavy atom. The summed E-state index contributed by atoms with van der Waals surface area (Å²) in [6, 6.07) is 0.0632. The van der Waals surface area contributed by atoms with Crippen molar-refractivity contribution in [1.82, 2.24) is 24.0 Å². The first-order valence-electron chi connectivity index (χ1n) is 10.9. The van der Waals surface area contributed by atoms with Crippen LogP contribution in [0.4, 0.5) is 10.7 Å². The third-order valence-corrected chi connectivity index (χ3v) is 5.52. The number of amides is 1. The van der Waals surface area contributed by atoms with E-state index in [9.17, 15) is 14.4 Å². The third kappa shape index (κ3) is 5.05. The van der Waals surface area contributed by atoms with Crippen LogP contribution in [0.25, 0.3) is 11.2 Å². The second-order valence-electron chi connectivity index (χ2n) is 9.70. The number of fused-ring (bicyclic) bond motifs is 1. The SMILES string of the molecule is CC(C)=CCn1c(N[C@@H]2CC[C@H](NC(=O)OC(C)(C)C)C2)nc2c1c(=O)n(C)c(=O)n2C. The van der Waals surface area contributed by atoms with Crippen molar-refractivity contribution in [2.75, 3.05) is 5.32 Å². The summed E-state index contributed by atoms with van der Waals surface area (Å²) in [5, 5.41) is 6.36. The number of rotatable bonds is 5. The predicted octanol–water partition coefficient (Wildman–Crippen LogP) is 2.26. The van der Waals surface area contributed by atoms with Gasteiger partial charge in [0, 0.05) is 32.7 Å². The van der Waals surface area contributed by atoms with E-state index in [1.165, 1.54) is 11.6 Å². The molecule has 1 fully saturated rings. The number of carbonyl (C=O) groups excluding carboxylic acids is 1. The summed E-state index contributed by atoms with van der Waals surface area (Å²) in [6.07, 6.45) is 3.95. The Bertz CT molecular complexity index is 1160. The molecular weight excluding hydrogens is 412 g/mol. The Balaban J connectivity index is 1.87. The molecular formula is C22H34N6O4. The lowest BCUT2D eigenvalue weighted by atomic mass is 10.2. The highest BCUT2D eigenvalue weighted by atomic mass is 16.6. The number of aromatic nitrogens is 4. The Morgan fingerprint density at radius 3 is 2.44 bits per heavy atom. The number of alkyl carbamates (subject to hydrolysis) is 1. The number of imidazole rings is 1. The molecule has 2 aromatic rings. The number of anilines is 1. The van der Waals surface area contributed by atoms with Crippen LogP contribution in [-0.4, -0.2) is 42.5 Å². The zero-order valence-electron chi connectivity index (χ0n) is 20.0. The number of allylic oxidation sites excluding steroid dienone is 2. The molecule has 1 aliphatic rings. The molecule has 2 aromatic heterocycles. The van der Waals surface area contributed by atoms with Gasteiger partial charge < -0.3 is 19.9 Å². The molecule has 0 radical (unpaired) electrons. The quantitative estimate of drug-likeness (QED) is 0.682. The second-order valence-corrected chi connectivity index (χ2v) is 9.70. The van der Waals surface area contributed by atoms with E-state index in [0.29, 0.717) is 30.1 Å². The molecule has 176 valence electrons. The number of nitrogens with zero attached hydrogens (tertiary/aromatic N) is 4. The van der Waals surface area contributed by atoms with E-state index >= 15 is 0 Å². The molecule has 2 N–H and O–H groups in total. The molecule has 2 heterocycles. The van der Waals surface area contributed by atoms with E-state index in [4.69, 9.17) is 4.74 Å². The molecule has 3 rings (SSSR count). The van der Waals surface area contributed by atoms with Gasteiger partial charge in [0.25, 0.3) is 5.56 Å². The monoisotopic (exact) mass is 446 g/mol. The van der Waals surface area contributed by atoms with Crippen LogP contribution < -0.4 is 21.9 Å². The number of nitrogens with one attached hydrogen (secondary N) is 2. The maximum Gasteiger partial charge on any atom is 0.407 e. The van der Waals surface area contributed by atoms with E-state index in [2.05, 4.69) is 15.6 Å². The van der Waals surface area contributed by atoms with Crippen molar-refractivity contribution < 1.29 is 9.53 Å². The van der Waals surface area contributed by atoms with E-state index in [1.807, 2.05) is 45.3 Å². The Morgan fingerprint density at radius 1 is 1.16 bits per heavy atom. The zero-order valence-corrected chi connectivity index (χ0v) is 20.0. The largest absolute Gasteiger partial charge is 0.444 e. The molecule has 0 spiro atoms. The molecule has 32 heavy (non-hydrogen) atoms. The fourth-order valence-corrected chi connectivity index (χ4v) is 3.91. The predicted molar refractivity (Wildman–Crippen MR) is 124 cm³/mol. The number of ether oxygens (including phenoxy) is 1. The van der Waals surface area contributed by atoms with Crippen LogP contribution in [0.1, 0.15) is 53.9 Å². The van der Waals surface area contributed by atoms with Gasteiger partial charge in [-0.25, -0.2) is 9.59 Å². The van der Waals surface area contributed by atoms with Gasteiger partial charge >= 0.3 is 11.8 Å². The summed E-state index contributed by atoms with van der Waals surface area (Å²) >= 11 is 0. The summed E-state index contributed by atoms with van der Waals surface area (Å²) in [4.78, 5) is 42.0. The first kappa shape index (κ1) is 23.6. The standard InChI is InChI=1S/C22H34N6O4/c1-13(2)10-11-28-16-17(26(6)21(31)27(7)18(16)29)25-19(28)23-14-8-9-15(12-14)24-20(30)32-22(3,4)5/h10,14-15H,8-9,11-12H2,1-7H3,(H,23,25)(H,24,30)/t14-,15+/m1/s1. The Labute approximate surface area is 187 Å². The fraction of sp³-hybridized carbons (Fsp3) is 0.636.